The Morgan fingerprint density at radius 2 is 1.90 bits per heavy atom. The normalized spacial score (nSPS) is 11.5. The fourth-order valence-electron chi connectivity index (χ4n) is 1.49. The van der Waals surface area contributed by atoms with Crippen molar-refractivity contribution < 1.29 is 28.6 Å². The summed E-state index contributed by atoms with van der Waals surface area (Å²) in [6, 6.07) is 4.90. The van der Waals surface area contributed by atoms with E-state index in [4.69, 9.17) is 5.11 Å². The average molecular weight is 283 g/mol. The first kappa shape index (κ1) is 15.6. The second kappa shape index (κ2) is 7.22. The van der Waals surface area contributed by atoms with Crippen molar-refractivity contribution >= 4 is 23.5 Å². The monoisotopic (exact) mass is 283 g/mol. The van der Waals surface area contributed by atoms with Crippen molar-refractivity contribution in [3.05, 3.63) is 30.1 Å². The largest absolute Gasteiger partial charge is 0.481 e. The minimum atomic E-state index is -1.38. The van der Waals surface area contributed by atoms with Crippen LogP contribution in [-0.2, 0) is 19.1 Å². The molecular formula is C13H14FNO5. The Morgan fingerprint density at radius 1 is 1.30 bits per heavy atom. The number of halogens is 1. The maximum atomic E-state index is 12.7. The lowest BCUT2D eigenvalue weighted by atomic mass is 10.0. The molecule has 0 bridgehead atoms. The predicted molar refractivity (Wildman–Crippen MR) is 67.4 cm³/mol. The van der Waals surface area contributed by atoms with Gasteiger partial charge in [0.15, 0.2) is 0 Å². The number of anilines is 1. The number of methoxy groups -OCH3 is 1. The van der Waals surface area contributed by atoms with Gasteiger partial charge < -0.3 is 15.2 Å². The van der Waals surface area contributed by atoms with Crippen LogP contribution in [-0.4, -0.2) is 30.1 Å². The molecule has 1 atom stereocenters. The molecule has 7 heteroatoms. The van der Waals surface area contributed by atoms with Gasteiger partial charge >= 0.3 is 11.9 Å². The van der Waals surface area contributed by atoms with E-state index < -0.39 is 29.6 Å². The zero-order chi connectivity index (χ0) is 15.1. The molecule has 1 aromatic carbocycles. The Hall–Kier alpha value is -2.44. The SMILES string of the molecule is COC(=O)CC[C@H](C(=O)O)C(=O)Nc1ccc(F)cc1. The van der Waals surface area contributed by atoms with Crippen LogP contribution in [0.4, 0.5) is 10.1 Å². The number of carbonyl (C=O) groups excluding carboxylic acids is 2. The molecule has 0 aliphatic rings. The van der Waals surface area contributed by atoms with E-state index in [9.17, 15) is 18.8 Å². The van der Waals surface area contributed by atoms with Crippen molar-refractivity contribution in [2.45, 2.75) is 12.8 Å². The van der Waals surface area contributed by atoms with E-state index in [1.165, 1.54) is 19.2 Å². The lowest BCUT2D eigenvalue weighted by molar-refractivity contribution is -0.146. The average Bonchev–Trinajstić information content (AvgIpc) is 2.41. The fourth-order valence-corrected chi connectivity index (χ4v) is 1.49. The number of carboxylic acid groups (broad SMARTS) is 1. The highest BCUT2D eigenvalue weighted by atomic mass is 19.1. The van der Waals surface area contributed by atoms with E-state index in [0.717, 1.165) is 12.1 Å². The number of carboxylic acids is 1. The first-order valence-electron chi connectivity index (χ1n) is 5.80. The summed E-state index contributed by atoms with van der Waals surface area (Å²) in [5, 5.41) is 11.3. The Balaban J connectivity index is 2.66. The molecule has 2 N–H and O–H groups in total. The van der Waals surface area contributed by atoms with Crippen LogP contribution >= 0.6 is 0 Å². The van der Waals surface area contributed by atoms with E-state index in [1.54, 1.807) is 0 Å². The Kier molecular flexibility index (Phi) is 5.64. The molecule has 0 heterocycles. The molecule has 0 spiro atoms. The molecule has 20 heavy (non-hydrogen) atoms. The molecule has 0 fully saturated rings. The van der Waals surface area contributed by atoms with Crippen molar-refractivity contribution in [2.24, 2.45) is 5.92 Å². The van der Waals surface area contributed by atoms with Crippen LogP contribution in [0.15, 0.2) is 24.3 Å². The molecule has 0 aliphatic carbocycles. The Bertz CT molecular complexity index is 500. The van der Waals surface area contributed by atoms with Gasteiger partial charge in [0.1, 0.15) is 11.7 Å². The highest BCUT2D eigenvalue weighted by Gasteiger charge is 2.27. The van der Waals surface area contributed by atoms with Gasteiger partial charge in [0, 0.05) is 12.1 Å². The number of hydrogen-bond donors (Lipinski definition) is 2. The van der Waals surface area contributed by atoms with Crippen LogP contribution in [0.2, 0.25) is 0 Å². The molecule has 1 amide bonds. The van der Waals surface area contributed by atoms with E-state index in [-0.39, 0.29) is 18.5 Å². The molecule has 0 saturated carbocycles. The summed E-state index contributed by atoms with van der Waals surface area (Å²) in [5.41, 5.74) is 0.278. The Morgan fingerprint density at radius 3 is 2.40 bits per heavy atom. The summed E-state index contributed by atoms with van der Waals surface area (Å²) >= 11 is 0. The first-order chi connectivity index (χ1) is 9.43. The molecule has 0 aromatic heterocycles. The number of nitrogens with one attached hydrogen (secondary N) is 1. The molecule has 1 rings (SSSR count). The number of aliphatic carboxylic acids is 1. The van der Waals surface area contributed by atoms with Gasteiger partial charge in [-0.25, -0.2) is 4.39 Å². The zero-order valence-electron chi connectivity index (χ0n) is 10.8. The van der Waals surface area contributed by atoms with Crippen molar-refractivity contribution in [3.63, 3.8) is 0 Å². The lowest BCUT2D eigenvalue weighted by Crippen LogP contribution is -2.30. The van der Waals surface area contributed by atoms with Crippen molar-refractivity contribution in [3.8, 4) is 0 Å². The van der Waals surface area contributed by atoms with Gasteiger partial charge in [0.2, 0.25) is 5.91 Å². The molecule has 0 radical (unpaired) electrons. The molecule has 6 nitrogen and oxygen atoms in total. The third kappa shape index (κ3) is 4.68. The summed E-state index contributed by atoms with van der Waals surface area (Å²) < 4.78 is 17.1. The number of hydrogen-bond acceptors (Lipinski definition) is 4. The number of benzene rings is 1. The Labute approximate surface area is 114 Å². The standard InChI is InChI=1S/C13H14FNO5/c1-20-11(16)7-6-10(13(18)19)12(17)15-9-4-2-8(14)3-5-9/h2-5,10H,6-7H2,1H3,(H,15,17)(H,18,19)/t10-/m0/s1. The highest BCUT2D eigenvalue weighted by molar-refractivity contribution is 6.04. The van der Waals surface area contributed by atoms with Crippen LogP contribution in [0.1, 0.15) is 12.8 Å². The van der Waals surface area contributed by atoms with E-state index in [1.807, 2.05) is 0 Å². The van der Waals surface area contributed by atoms with Crippen molar-refractivity contribution in [1.82, 2.24) is 0 Å². The molecule has 0 saturated heterocycles. The molecule has 108 valence electrons. The predicted octanol–water partition coefficient (Wildman–Crippen LogP) is 1.42. The van der Waals surface area contributed by atoms with Gasteiger partial charge in [-0.15, -0.1) is 0 Å². The fraction of sp³-hybridized carbons (Fsp3) is 0.308. The second-order valence-electron chi connectivity index (χ2n) is 4.00. The van der Waals surface area contributed by atoms with Gasteiger partial charge in [-0.05, 0) is 30.7 Å². The van der Waals surface area contributed by atoms with E-state index in [2.05, 4.69) is 10.1 Å². The maximum Gasteiger partial charge on any atom is 0.316 e. The zero-order valence-corrected chi connectivity index (χ0v) is 10.8. The third-order valence-electron chi connectivity index (χ3n) is 2.59. The molecule has 0 aliphatic heterocycles. The number of ether oxygens (including phenoxy) is 1. The summed E-state index contributed by atoms with van der Waals surface area (Å²) in [6.45, 7) is 0. The van der Waals surface area contributed by atoms with Crippen LogP contribution in [0.25, 0.3) is 0 Å². The number of amides is 1. The second-order valence-corrected chi connectivity index (χ2v) is 4.00. The van der Waals surface area contributed by atoms with Gasteiger partial charge in [0.05, 0.1) is 7.11 Å². The number of esters is 1. The van der Waals surface area contributed by atoms with E-state index >= 15 is 0 Å². The van der Waals surface area contributed by atoms with Crippen molar-refractivity contribution in [2.75, 3.05) is 12.4 Å². The summed E-state index contributed by atoms with van der Waals surface area (Å²) in [7, 11) is 1.18. The molecular weight excluding hydrogens is 269 g/mol. The van der Waals surface area contributed by atoms with Gasteiger partial charge in [-0.3, -0.25) is 14.4 Å². The van der Waals surface area contributed by atoms with Crippen LogP contribution in [0.3, 0.4) is 0 Å². The summed E-state index contributed by atoms with van der Waals surface area (Å²) in [6.07, 6.45) is -0.348. The van der Waals surface area contributed by atoms with Crippen molar-refractivity contribution in [1.29, 1.82) is 0 Å². The maximum absolute atomic E-state index is 12.7. The highest BCUT2D eigenvalue weighted by Crippen LogP contribution is 2.14. The van der Waals surface area contributed by atoms with Crippen LogP contribution < -0.4 is 5.32 Å². The van der Waals surface area contributed by atoms with E-state index in [0.29, 0.717) is 0 Å². The van der Waals surface area contributed by atoms with Gasteiger partial charge in [-0.2, -0.15) is 0 Å². The van der Waals surface area contributed by atoms with Gasteiger partial charge in [-0.1, -0.05) is 0 Å². The van der Waals surface area contributed by atoms with Crippen LogP contribution in [0.5, 0.6) is 0 Å². The minimum absolute atomic E-state index is 0.172. The number of rotatable bonds is 6. The van der Waals surface area contributed by atoms with Gasteiger partial charge in [0.25, 0.3) is 0 Å². The minimum Gasteiger partial charge on any atom is -0.481 e. The summed E-state index contributed by atoms with van der Waals surface area (Å²) in [5.74, 6) is -4.55. The third-order valence-corrected chi connectivity index (χ3v) is 2.59. The summed E-state index contributed by atoms with van der Waals surface area (Å²) in [4.78, 5) is 33.8. The number of carbonyl (C=O) groups is 3. The quantitative estimate of drug-likeness (QED) is 0.608. The van der Waals surface area contributed by atoms with Crippen LogP contribution in [0, 0.1) is 11.7 Å². The topological polar surface area (TPSA) is 92.7 Å². The smallest absolute Gasteiger partial charge is 0.316 e. The molecule has 0 unspecified atom stereocenters. The lowest BCUT2D eigenvalue weighted by Gasteiger charge is -2.12. The molecule has 1 aromatic rings. The first-order valence-corrected chi connectivity index (χ1v) is 5.80.